The van der Waals surface area contributed by atoms with Gasteiger partial charge in [-0.05, 0) is 26.2 Å². The third kappa shape index (κ3) is 3.56. The Bertz CT molecular complexity index is 466. The molecular weight excluding hydrogens is 260 g/mol. The minimum atomic E-state index is 0. The van der Waals surface area contributed by atoms with Crippen LogP contribution in [0.2, 0.25) is 0 Å². The zero-order valence-corrected chi connectivity index (χ0v) is 11.8. The molecule has 1 aromatic carbocycles. The first kappa shape index (κ1) is 13.6. The van der Waals surface area contributed by atoms with Gasteiger partial charge >= 0.3 is 0 Å². The van der Waals surface area contributed by atoms with Crippen molar-refractivity contribution in [2.75, 3.05) is 27.2 Å². The Kier molecular flexibility index (Phi) is 5.41. The first-order valence-corrected chi connectivity index (χ1v) is 6.53. The van der Waals surface area contributed by atoms with Gasteiger partial charge in [-0.25, -0.2) is 0 Å². The number of hydrogen-bond acceptors (Lipinski definition) is 4. The molecule has 0 amide bonds. The van der Waals surface area contributed by atoms with Crippen molar-refractivity contribution in [2.45, 2.75) is 0 Å². The quantitative estimate of drug-likeness (QED) is 0.840. The first-order chi connectivity index (χ1) is 7.25. The number of benzene rings is 1. The summed E-state index contributed by atoms with van der Waals surface area (Å²) >= 11 is 3.56. The second kappa shape index (κ2) is 6.35. The van der Waals surface area contributed by atoms with E-state index < -0.39 is 0 Å². The van der Waals surface area contributed by atoms with Crippen molar-refractivity contribution in [1.29, 1.82) is 0 Å². The zero-order chi connectivity index (χ0) is 10.7. The Morgan fingerprint density at radius 2 is 1.69 bits per heavy atom. The van der Waals surface area contributed by atoms with E-state index in [0.717, 1.165) is 13.1 Å². The first-order valence-electron chi connectivity index (χ1n) is 4.89. The van der Waals surface area contributed by atoms with E-state index in [1.54, 1.807) is 22.7 Å². The molecule has 1 aromatic heterocycles. The molecule has 0 saturated carbocycles. The second-order valence-corrected chi connectivity index (χ2v) is 5.92. The lowest BCUT2D eigenvalue weighted by molar-refractivity contribution is 0.419. The Labute approximate surface area is 110 Å². The number of hydrogen-bond donors (Lipinski definition) is 0. The molecule has 0 unspecified atom stereocenters. The van der Waals surface area contributed by atoms with E-state index in [1.807, 2.05) is 0 Å². The summed E-state index contributed by atoms with van der Waals surface area (Å²) in [4.78, 5) is 6.73. The number of halogens is 1. The van der Waals surface area contributed by atoms with Gasteiger partial charge in [-0.15, -0.1) is 35.1 Å². The van der Waals surface area contributed by atoms with Crippen LogP contribution < -0.4 is 3.98 Å². The standard InChI is InChI=1S/C11H14N2S2.ClH/c1-13(2)8-7-12-11-14-9-5-3-4-6-10(9)15-11;/h3-6H,7-8H2,1-2H3;1H. The van der Waals surface area contributed by atoms with Gasteiger partial charge < -0.3 is 4.90 Å². The molecule has 0 radical (unpaired) electrons. The van der Waals surface area contributed by atoms with Crippen molar-refractivity contribution in [3.05, 3.63) is 28.3 Å². The monoisotopic (exact) mass is 274 g/mol. The van der Waals surface area contributed by atoms with Gasteiger partial charge in [0.15, 0.2) is 3.98 Å². The maximum absolute atomic E-state index is 4.58. The van der Waals surface area contributed by atoms with Crippen LogP contribution in [0.4, 0.5) is 0 Å². The molecule has 0 atom stereocenters. The second-order valence-electron chi connectivity index (χ2n) is 3.60. The van der Waals surface area contributed by atoms with Crippen LogP contribution in [0.3, 0.4) is 0 Å². The molecule has 0 aliphatic rings. The molecule has 0 bridgehead atoms. The van der Waals surface area contributed by atoms with Crippen LogP contribution in [0.25, 0.3) is 9.40 Å². The van der Waals surface area contributed by atoms with Crippen LogP contribution in [0.1, 0.15) is 0 Å². The predicted molar refractivity (Wildman–Crippen MR) is 75.9 cm³/mol. The summed E-state index contributed by atoms with van der Waals surface area (Å²) in [6, 6.07) is 8.47. The van der Waals surface area contributed by atoms with Gasteiger partial charge in [0.25, 0.3) is 0 Å². The van der Waals surface area contributed by atoms with E-state index in [-0.39, 0.29) is 12.4 Å². The van der Waals surface area contributed by atoms with E-state index in [0.29, 0.717) is 0 Å². The van der Waals surface area contributed by atoms with Crippen LogP contribution >= 0.6 is 35.1 Å². The van der Waals surface area contributed by atoms with E-state index in [2.05, 4.69) is 48.3 Å². The molecule has 88 valence electrons. The van der Waals surface area contributed by atoms with Gasteiger partial charge in [0, 0.05) is 15.9 Å². The topological polar surface area (TPSA) is 15.6 Å². The molecular formula is C11H15ClN2S2. The molecule has 0 N–H and O–H groups in total. The average Bonchev–Trinajstić information content (AvgIpc) is 2.59. The SMILES string of the molecule is CN(C)CCN=c1sc2ccccc2s1.Cl. The highest BCUT2D eigenvalue weighted by molar-refractivity contribution is 7.35. The van der Waals surface area contributed by atoms with Crippen molar-refractivity contribution in [2.24, 2.45) is 4.99 Å². The number of likely N-dealkylation sites (N-methyl/N-ethyl adjacent to an activating group) is 1. The molecule has 5 heteroatoms. The smallest absolute Gasteiger partial charge is 0.167 e. The third-order valence-electron chi connectivity index (χ3n) is 2.03. The van der Waals surface area contributed by atoms with Crippen LogP contribution in [-0.2, 0) is 0 Å². The number of nitrogens with zero attached hydrogens (tertiary/aromatic N) is 2. The summed E-state index contributed by atoms with van der Waals surface area (Å²) < 4.78 is 3.86. The number of fused-ring (bicyclic) bond motifs is 1. The van der Waals surface area contributed by atoms with Gasteiger partial charge in [0.05, 0.1) is 6.54 Å². The maximum atomic E-state index is 4.58. The van der Waals surface area contributed by atoms with Crippen molar-refractivity contribution >= 4 is 44.5 Å². The molecule has 2 aromatic rings. The van der Waals surface area contributed by atoms with Gasteiger partial charge in [0.2, 0.25) is 0 Å². The summed E-state index contributed by atoms with van der Waals surface area (Å²) in [5.74, 6) is 0. The average molecular weight is 275 g/mol. The largest absolute Gasteiger partial charge is 0.308 e. The molecule has 0 fully saturated rings. The maximum Gasteiger partial charge on any atom is 0.167 e. The van der Waals surface area contributed by atoms with Gasteiger partial charge in [0.1, 0.15) is 0 Å². The van der Waals surface area contributed by atoms with E-state index in [9.17, 15) is 0 Å². The van der Waals surface area contributed by atoms with Crippen molar-refractivity contribution in [3.8, 4) is 0 Å². The van der Waals surface area contributed by atoms with Crippen molar-refractivity contribution < 1.29 is 0 Å². The summed E-state index contributed by atoms with van der Waals surface area (Å²) in [6.07, 6.45) is 0. The van der Waals surface area contributed by atoms with Gasteiger partial charge in [-0.2, -0.15) is 0 Å². The number of rotatable bonds is 3. The van der Waals surface area contributed by atoms with Gasteiger partial charge in [-0.3, -0.25) is 4.99 Å². The third-order valence-corrected chi connectivity index (χ3v) is 4.42. The van der Waals surface area contributed by atoms with Crippen LogP contribution in [0.5, 0.6) is 0 Å². The highest BCUT2D eigenvalue weighted by Crippen LogP contribution is 2.19. The normalized spacial score (nSPS) is 10.4. The Balaban J connectivity index is 0.00000128. The van der Waals surface area contributed by atoms with E-state index in [1.165, 1.54) is 13.4 Å². The van der Waals surface area contributed by atoms with Crippen LogP contribution in [0, 0.1) is 0 Å². The summed E-state index contributed by atoms with van der Waals surface area (Å²) in [5, 5.41) is 0. The molecule has 2 nitrogen and oxygen atoms in total. The minimum absolute atomic E-state index is 0. The lowest BCUT2D eigenvalue weighted by Gasteiger charge is -2.04. The summed E-state index contributed by atoms with van der Waals surface area (Å²) in [7, 11) is 4.15. The fourth-order valence-corrected chi connectivity index (χ4v) is 3.51. The van der Waals surface area contributed by atoms with Crippen LogP contribution in [-0.4, -0.2) is 32.1 Å². The summed E-state index contributed by atoms with van der Waals surface area (Å²) in [5.41, 5.74) is 0. The van der Waals surface area contributed by atoms with Crippen molar-refractivity contribution in [1.82, 2.24) is 4.90 Å². The lowest BCUT2D eigenvalue weighted by Crippen LogP contribution is -2.16. The van der Waals surface area contributed by atoms with Crippen LogP contribution in [0.15, 0.2) is 29.3 Å². The molecule has 1 heterocycles. The van der Waals surface area contributed by atoms with E-state index in [4.69, 9.17) is 0 Å². The Morgan fingerprint density at radius 1 is 1.12 bits per heavy atom. The lowest BCUT2D eigenvalue weighted by atomic mass is 10.4. The summed E-state index contributed by atoms with van der Waals surface area (Å²) in [6.45, 7) is 1.90. The molecule has 0 aliphatic heterocycles. The predicted octanol–water partition coefficient (Wildman–Crippen LogP) is 2.85. The van der Waals surface area contributed by atoms with Gasteiger partial charge in [-0.1, -0.05) is 12.1 Å². The molecule has 2 rings (SSSR count). The Morgan fingerprint density at radius 3 is 2.19 bits per heavy atom. The molecule has 0 aliphatic carbocycles. The highest BCUT2D eigenvalue weighted by atomic mass is 35.5. The molecule has 0 spiro atoms. The van der Waals surface area contributed by atoms with E-state index >= 15 is 0 Å². The molecule has 16 heavy (non-hydrogen) atoms. The highest BCUT2D eigenvalue weighted by Gasteiger charge is 1.96. The minimum Gasteiger partial charge on any atom is -0.308 e. The molecule has 0 saturated heterocycles. The Hall–Kier alpha value is -0.420. The van der Waals surface area contributed by atoms with Crippen molar-refractivity contribution in [3.63, 3.8) is 0 Å². The fraction of sp³-hybridized carbons (Fsp3) is 0.364. The fourth-order valence-electron chi connectivity index (χ4n) is 1.23. The zero-order valence-electron chi connectivity index (χ0n) is 9.34.